The Balaban J connectivity index is 2.04. The highest BCUT2D eigenvalue weighted by Gasteiger charge is 2.17. The summed E-state index contributed by atoms with van der Waals surface area (Å²) in [6, 6.07) is 16.0. The molecule has 2 atom stereocenters. The average Bonchev–Trinajstić information content (AvgIpc) is 2.47. The number of nitrogens with zero attached hydrogens (tertiary/aromatic N) is 1. The Kier molecular flexibility index (Phi) is 5.29. The molecule has 0 amide bonds. The van der Waals surface area contributed by atoms with Gasteiger partial charge in [0.25, 0.3) is 5.69 Å². The van der Waals surface area contributed by atoms with Crippen molar-refractivity contribution in [3.63, 3.8) is 0 Å². The predicted octanol–water partition coefficient (Wildman–Crippen LogP) is 4.26. The zero-order valence-corrected chi connectivity index (χ0v) is 14.0. The summed E-state index contributed by atoms with van der Waals surface area (Å²) in [7, 11) is 0. The van der Waals surface area contributed by atoms with Crippen molar-refractivity contribution < 1.29 is 9.45 Å². The van der Waals surface area contributed by atoms with Crippen LogP contribution in [0.4, 0.5) is 5.69 Å². The van der Waals surface area contributed by atoms with Gasteiger partial charge >= 0.3 is 0 Å². The Labute approximate surface area is 134 Å². The van der Waals surface area contributed by atoms with E-state index in [-0.39, 0.29) is 11.7 Å². The molecular weight excluding hydrogens is 319 g/mol. The molecule has 0 aliphatic heterocycles. The Morgan fingerprint density at radius 3 is 2.32 bits per heavy atom. The number of nitrogens with one attached hydrogen (secondary N) is 1. The minimum absolute atomic E-state index is 0.0300. The van der Waals surface area contributed by atoms with E-state index in [1.807, 2.05) is 43.9 Å². The third-order valence-electron chi connectivity index (χ3n) is 3.05. The van der Waals surface area contributed by atoms with Gasteiger partial charge in [-0.3, -0.25) is 15.2 Å². The van der Waals surface area contributed by atoms with E-state index in [0.717, 1.165) is 5.56 Å². The molecule has 0 bridgehead atoms. The third-order valence-corrected chi connectivity index (χ3v) is 5.01. The van der Waals surface area contributed by atoms with Gasteiger partial charge < -0.3 is 4.52 Å². The van der Waals surface area contributed by atoms with Crippen LogP contribution in [0.25, 0.3) is 0 Å². The van der Waals surface area contributed by atoms with E-state index < -0.39 is 11.3 Å². The van der Waals surface area contributed by atoms with Gasteiger partial charge in [-0.2, -0.15) is 0 Å². The van der Waals surface area contributed by atoms with Crippen molar-refractivity contribution in [2.75, 3.05) is 6.66 Å². The third kappa shape index (κ3) is 4.63. The lowest BCUT2D eigenvalue weighted by Gasteiger charge is -2.24. The molecule has 2 rings (SSSR count). The Morgan fingerprint density at radius 1 is 1.18 bits per heavy atom. The van der Waals surface area contributed by atoms with Gasteiger partial charge in [-0.05, 0) is 36.4 Å². The number of non-ortho nitro benzene ring substituents is 1. The molecule has 5 nitrogen and oxygen atoms in total. The van der Waals surface area contributed by atoms with Crippen LogP contribution in [0.2, 0.25) is 0 Å². The van der Waals surface area contributed by atoms with Gasteiger partial charge in [-0.1, -0.05) is 30.3 Å². The van der Waals surface area contributed by atoms with Crippen LogP contribution in [-0.2, 0) is 11.8 Å². The van der Waals surface area contributed by atoms with E-state index in [1.54, 1.807) is 12.1 Å². The van der Waals surface area contributed by atoms with Crippen molar-refractivity contribution in [1.29, 1.82) is 0 Å². The number of benzene rings is 2. The summed E-state index contributed by atoms with van der Waals surface area (Å²) in [5.41, 5.74) is 1.16. The van der Waals surface area contributed by atoms with Gasteiger partial charge in [0, 0.05) is 24.8 Å². The molecule has 0 radical (unpaired) electrons. The maximum atomic E-state index is 10.6. The van der Waals surface area contributed by atoms with Gasteiger partial charge in [0.1, 0.15) is 5.75 Å². The maximum absolute atomic E-state index is 10.6. The van der Waals surface area contributed by atoms with Gasteiger partial charge in [0.15, 0.2) is 6.42 Å². The molecule has 0 spiro atoms. The van der Waals surface area contributed by atoms with E-state index in [4.69, 9.17) is 16.3 Å². The number of rotatable bonds is 6. The van der Waals surface area contributed by atoms with Crippen molar-refractivity contribution in [1.82, 2.24) is 5.09 Å². The van der Waals surface area contributed by atoms with Crippen LogP contribution in [0.3, 0.4) is 0 Å². The second-order valence-corrected chi connectivity index (χ2v) is 9.17. The number of nitro benzene ring substituents is 1. The first-order chi connectivity index (χ1) is 10.4. The number of nitro groups is 1. The highest BCUT2D eigenvalue weighted by molar-refractivity contribution is 8.11. The quantitative estimate of drug-likeness (QED) is 0.485. The van der Waals surface area contributed by atoms with E-state index in [9.17, 15) is 10.1 Å². The minimum atomic E-state index is -2.26. The first-order valence-electron chi connectivity index (χ1n) is 6.72. The summed E-state index contributed by atoms with van der Waals surface area (Å²) >= 11 is 5.53. The van der Waals surface area contributed by atoms with Crippen LogP contribution in [0.1, 0.15) is 18.5 Å². The molecule has 0 aliphatic carbocycles. The summed E-state index contributed by atoms with van der Waals surface area (Å²) < 4.78 is 5.82. The van der Waals surface area contributed by atoms with Crippen molar-refractivity contribution in [3.05, 3.63) is 70.3 Å². The summed E-state index contributed by atoms with van der Waals surface area (Å²) in [4.78, 5) is 10.2. The van der Waals surface area contributed by atoms with Crippen LogP contribution in [-0.4, -0.2) is 11.6 Å². The molecule has 7 heteroatoms. The van der Waals surface area contributed by atoms with Gasteiger partial charge in [-0.25, -0.2) is 0 Å². The van der Waals surface area contributed by atoms with Gasteiger partial charge in [0.05, 0.1) is 4.92 Å². The molecular formula is C15H17N2O3PS. The molecule has 1 N–H and O–H groups in total. The zero-order chi connectivity index (χ0) is 16.2. The standard InChI is InChI=1S/C15H17N2O3PS/c1-12(13-6-4-3-5-7-13)16-21(2,22)20-15-10-8-14(9-11-15)17(18)19/h3-12H,1-2H3,(H,16,22)/t12-,21-/m0/s1. The van der Waals surface area contributed by atoms with Crippen LogP contribution in [0, 0.1) is 10.1 Å². The Morgan fingerprint density at radius 2 is 1.77 bits per heavy atom. The molecule has 2 aromatic rings. The minimum Gasteiger partial charge on any atom is -0.454 e. The van der Waals surface area contributed by atoms with Gasteiger partial charge in [-0.15, -0.1) is 0 Å². The fourth-order valence-corrected chi connectivity index (χ4v) is 4.19. The molecule has 0 aliphatic rings. The number of hydrogen-bond donors (Lipinski definition) is 1. The van der Waals surface area contributed by atoms with Crippen LogP contribution in [0.5, 0.6) is 5.75 Å². The fraction of sp³-hybridized carbons (Fsp3) is 0.200. The van der Waals surface area contributed by atoms with Crippen molar-refractivity contribution in [3.8, 4) is 5.75 Å². The summed E-state index contributed by atoms with van der Waals surface area (Å²) in [5, 5.41) is 14.0. The molecule has 0 heterocycles. The average molecular weight is 336 g/mol. The molecule has 0 unspecified atom stereocenters. The molecule has 0 saturated carbocycles. The van der Waals surface area contributed by atoms with Crippen molar-refractivity contribution in [2.24, 2.45) is 0 Å². The molecule has 0 saturated heterocycles. The summed E-state index contributed by atoms with van der Waals surface area (Å²) in [6.07, 6.45) is -2.26. The smallest absolute Gasteiger partial charge is 0.269 e. The van der Waals surface area contributed by atoms with Crippen LogP contribution < -0.4 is 9.61 Å². The molecule has 116 valence electrons. The maximum Gasteiger partial charge on any atom is 0.269 e. The van der Waals surface area contributed by atoms with Crippen molar-refractivity contribution in [2.45, 2.75) is 13.0 Å². The monoisotopic (exact) mass is 336 g/mol. The second kappa shape index (κ2) is 7.01. The van der Waals surface area contributed by atoms with Gasteiger partial charge in [0.2, 0.25) is 0 Å². The largest absolute Gasteiger partial charge is 0.454 e. The van der Waals surface area contributed by atoms with E-state index in [2.05, 4.69) is 5.09 Å². The molecule has 2 aromatic carbocycles. The first kappa shape index (κ1) is 16.6. The normalized spacial score (nSPS) is 14.8. The highest BCUT2D eigenvalue weighted by Crippen LogP contribution is 2.42. The van der Waals surface area contributed by atoms with Crippen molar-refractivity contribution >= 4 is 23.9 Å². The highest BCUT2D eigenvalue weighted by atomic mass is 32.4. The van der Waals surface area contributed by atoms with Crippen LogP contribution >= 0.6 is 6.42 Å². The zero-order valence-electron chi connectivity index (χ0n) is 12.3. The lowest BCUT2D eigenvalue weighted by atomic mass is 10.1. The van der Waals surface area contributed by atoms with E-state index >= 15 is 0 Å². The topological polar surface area (TPSA) is 64.4 Å². The SMILES string of the molecule is C[C@H](N[P@](C)(=S)Oc1ccc([N+](=O)[O-])cc1)c1ccccc1. The molecule has 0 aromatic heterocycles. The van der Waals surface area contributed by atoms with Crippen LogP contribution in [0.15, 0.2) is 54.6 Å². The Hall–Kier alpha value is -1.75. The lowest BCUT2D eigenvalue weighted by molar-refractivity contribution is -0.384. The summed E-state index contributed by atoms with van der Waals surface area (Å²) in [5.74, 6) is 0.532. The molecule has 22 heavy (non-hydrogen) atoms. The predicted molar refractivity (Wildman–Crippen MR) is 91.9 cm³/mol. The Bertz CT molecular complexity index is 692. The lowest BCUT2D eigenvalue weighted by Crippen LogP contribution is -2.17. The first-order valence-corrected chi connectivity index (χ1v) is 9.88. The summed E-state index contributed by atoms with van der Waals surface area (Å²) in [6.45, 7) is 3.88. The second-order valence-electron chi connectivity index (χ2n) is 4.95. The van der Waals surface area contributed by atoms with E-state index in [0.29, 0.717) is 5.75 Å². The number of hydrogen-bond acceptors (Lipinski definition) is 4. The fourth-order valence-electron chi connectivity index (χ4n) is 2.02. The molecule has 0 fully saturated rings. The van der Waals surface area contributed by atoms with E-state index in [1.165, 1.54) is 12.1 Å².